The number of carbonyl (C=O) groups is 2. The third-order valence-electron chi connectivity index (χ3n) is 5.42. The molecule has 0 saturated carbocycles. The van der Waals surface area contributed by atoms with Crippen molar-refractivity contribution < 1.29 is 14.3 Å². The van der Waals surface area contributed by atoms with Crippen LogP contribution in [0.2, 0.25) is 0 Å². The number of anilines is 1. The van der Waals surface area contributed by atoms with Crippen LogP contribution in [0.3, 0.4) is 0 Å². The Labute approximate surface area is 185 Å². The maximum absolute atomic E-state index is 13.1. The van der Waals surface area contributed by atoms with Gasteiger partial charge in [-0.05, 0) is 43.5 Å². The van der Waals surface area contributed by atoms with E-state index < -0.39 is 0 Å². The molecule has 0 radical (unpaired) electrons. The number of amides is 2. The number of nitrogens with one attached hydrogen (secondary N) is 1. The molecule has 8 heteroatoms. The lowest BCUT2D eigenvalue weighted by Gasteiger charge is -2.32. The molecular formula is C23H24N4O3S. The normalized spacial score (nSPS) is 16.1. The quantitative estimate of drug-likeness (QED) is 0.650. The molecule has 1 aromatic heterocycles. The molecule has 31 heavy (non-hydrogen) atoms. The van der Waals surface area contributed by atoms with Gasteiger partial charge < -0.3 is 15.0 Å². The van der Waals surface area contributed by atoms with Gasteiger partial charge in [0.25, 0.3) is 11.8 Å². The van der Waals surface area contributed by atoms with E-state index in [-0.39, 0.29) is 17.7 Å². The monoisotopic (exact) mass is 436 g/mol. The van der Waals surface area contributed by atoms with Crippen molar-refractivity contribution in [3.63, 3.8) is 0 Å². The van der Waals surface area contributed by atoms with Gasteiger partial charge in [-0.25, -0.2) is 0 Å². The fraction of sp³-hybridized carbons (Fsp3) is 0.304. The summed E-state index contributed by atoms with van der Waals surface area (Å²) in [4.78, 5) is 27.5. The van der Waals surface area contributed by atoms with Crippen LogP contribution in [0.1, 0.15) is 49.5 Å². The zero-order valence-corrected chi connectivity index (χ0v) is 18.3. The molecule has 2 heterocycles. The van der Waals surface area contributed by atoms with E-state index in [1.807, 2.05) is 48.2 Å². The van der Waals surface area contributed by atoms with Crippen LogP contribution in [-0.4, -0.2) is 47.1 Å². The summed E-state index contributed by atoms with van der Waals surface area (Å²) in [7, 11) is 1.57. The zero-order chi connectivity index (χ0) is 21.8. The Morgan fingerprint density at radius 2 is 1.90 bits per heavy atom. The van der Waals surface area contributed by atoms with Crippen LogP contribution in [0.4, 0.5) is 5.69 Å². The first-order chi connectivity index (χ1) is 15.1. The second-order valence-corrected chi connectivity index (χ2v) is 8.51. The molecule has 0 bridgehead atoms. The number of aryl methyl sites for hydroxylation is 1. The summed E-state index contributed by atoms with van der Waals surface area (Å²) >= 11 is 1.29. The van der Waals surface area contributed by atoms with Crippen molar-refractivity contribution in [2.45, 2.75) is 25.7 Å². The maximum Gasteiger partial charge on any atom is 0.286 e. The molecule has 2 aromatic carbocycles. The van der Waals surface area contributed by atoms with E-state index in [9.17, 15) is 9.59 Å². The summed E-state index contributed by atoms with van der Waals surface area (Å²) in [6, 6.07) is 14.9. The molecule has 0 spiro atoms. The molecule has 7 nitrogen and oxygen atoms in total. The average Bonchev–Trinajstić information content (AvgIpc) is 3.31. The minimum Gasteiger partial charge on any atom is -0.496 e. The molecule has 160 valence electrons. The van der Waals surface area contributed by atoms with Crippen LogP contribution in [0.15, 0.2) is 48.5 Å². The smallest absolute Gasteiger partial charge is 0.286 e. The third-order valence-corrected chi connectivity index (χ3v) is 6.51. The van der Waals surface area contributed by atoms with Gasteiger partial charge in [0, 0.05) is 24.7 Å². The highest BCUT2D eigenvalue weighted by atomic mass is 32.1. The van der Waals surface area contributed by atoms with Crippen LogP contribution in [0.5, 0.6) is 5.75 Å². The first kappa shape index (κ1) is 21.0. The number of methoxy groups -OCH3 is 1. The molecule has 1 aliphatic heterocycles. The van der Waals surface area contributed by atoms with E-state index in [0.717, 1.165) is 29.1 Å². The summed E-state index contributed by atoms with van der Waals surface area (Å²) in [5.74, 6) is 0.311. The number of hydrogen-bond donors (Lipinski definition) is 1. The zero-order valence-electron chi connectivity index (χ0n) is 17.5. The largest absolute Gasteiger partial charge is 0.496 e. The predicted octanol–water partition coefficient (Wildman–Crippen LogP) is 4.13. The topological polar surface area (TPSA) is 84.4 Å². The van der Waals surface area contributed by atoms with Crippen LogP contribution in [-0.2, 0) is 0 Å². The van der Waals surface area contributed by atoms with E-state index in [0.29, 0.717) is 29.4 Å². The third kappa shape index (κ3) is 4.59. The Morgan fingerprint density at radius 3 is 2.71 bits per heavy atom. The summed E-state index contributed by atoms with van der Waals surface area (Å²) in [5, 5.41) is 12.4. The van der Waals surface area contributed by atoms with E-state index >= 15 is 0 Å². The van der Waals surface area contributed by atoms with Crippen molar-refractivity contribution in [1.82, 2.24) is 15.1 Å². The minimum absolute atomic E-state index is 0.0517. The van der Waals surface area contributed by atoms with Gasteiger partial charge in [0.2, 0.25) is 5.01 Å². The highest BCUT2D eigenvalue weighted by Gasteiger charge is 2.29. The lowest BCUT2D eigenvalue weighted by atomic mass is 9.98. The van der Waals surface area contributed by atoms with Gasteiger partial charge in [0.15, 0.2) is 0 Å². The number of likely N-dealkylation sites (tertiary alicyclic amines) is 1. The maximum atomic E-state index is 13.1. The number of ether oxygens (including phenoxy) is 1. The Kier molecular flexibility index (Phi) is 6.27. The van der Waals surface area contributed by atoms with Crippen LogP contribution < -0.4 is 10.1 Å². The molecule has 1 unspecified atom stereocenters. The Balaban J connectivity index is 1.46. The van der Waals surface area contributed by atoms with Crippen LogP contribution in [0.25, 0.3) is 0 Å². The predicted molar refractivity (Wildman–Crippen MR) is 120 cm³/mol. The number of hydrogen-bond acceptors (Lipinski definition) is 6. The summed E-state index contributed by atoms with van der Waals surface area (Å²) < 4.78 is 5.34. The standard InChI is InChI=1S/C23H24N4O3S/c1-15-8-3-5-11-18(15)24-20(28)22-26-25-21(31-22)16-9-7-13-27(14-16)23(29)17-10-4-6-12-19(17)30-2/h3-6,8,10-12,16H,7,9,13-14H2,1-2H3,(H,24,28). The number of piperidine rings is 1. The van der Waals surface area contributed by atoms with Crippen molar-refractivity contribution in [3.05, 3.63) is 69.7 Å². The number of carbonyl (C=O) groups excluding carboxylic acids is 2. The number of nitrogens with zero attached hydrogens (tertiary/aromatic N) is 3. The molecule has 1 saturated heterocycles. The van der Waals surface area contributed by atoms with Crippen LogP contribution in [0, 0.1) is 6.92 Å². The van der Waals surface area contributed by atoms with Gasteiger partial charge in [-0.1, -0.05) is 41.7 Å². The SMILES string of the molecule is COc1ccccc1C(=O)N1CCCC(c2nnc(C(=O)Nc3ccccc3C)s2)C1. The van der Waals surface area contributed by atoms with E-state index in [2.05, 4.69) is 15.5 Å². The second kappa shape index (κ2) is 9.26. The van der Waals surface area contributed by atoms with Gasteiger partial charge >= 0.3 is 0 Å². The summed E-state index contributed by atoms with van der Waals surface area (Å²) in [6.45, 7) is 3.17. The molecule has 3 aromatic rings. The van der Waals surface area contributed by atoms with Gasteiger partial charge in [-0.3, -0.25) is 9.59 Å². The first-order valence-electron chi connectivity index (χ1n) is 10.2. The molecular weight excluding hydrogens is 412 g/mol. The van der Waals surface area contributed by atoms with Gasteiger partial charge in [0.1, 0.15) is 10.8 Å². The summed E-state index contributed by atoms with van der Waals surface area (Å²) in [5.41, 5.74) is 2.30. The molecule has 2 amide bonds. The lowest BCUT2D eigenvalue weighted by molar-refractivity contribution is 0.0703. The molecule has 1 fully saturated rings. The molecule has 0 aliphatic carbocycles. The Hall–Kier alpha value is -3.26. The second-order valence-electron chi connectivity index (χ2n) is 7.51. The van der Waals surface area contributed by atoms with Crippen molar-refractivity contribution in [2.75, 3.05) is 25.5 Å². The number of aromatic nitrogens is 2. The highest BCUT2D eigenvalue weighted by Crippen LogP contribution is 2.31. The molecule has 1 N–H and O–H groups in total. The highest BCUT2D eigenvalue weighted by molar-refractivity contribution is 7.13. The van der Waals surface area contributed by atoms with Gasteiger partial charge in [0.05, 0.1) is 12.7 Å². The fourth-order valence-electron chi connectivity index (χ4n) is 3.74. The fourth-order valence-corrected chi connectivity index (χ4v) is 4.60. The van der Waals surface area contributed by atoms with Crippen LogP contribution >= 0.6 is 11.3 Å². The Bertz CT molecular complexity index is 1100. The minimum atomic E-state index is -0.268. The van der Waals surface area contributed by atoms with Crippen molar-refractivity contribution in [3.8, 4) is 5.75 Å². The van der Waals surface area contributed by atoms with E-state index in [1.165, 1.54) is 11.3 Å². The average molecular weight is 437 g/mol. The lowest BCUT2D eigenvalue weighted by Crippen LogP contribution is -2.39. The van der Waals surface area contributed by atoms with Gasteiger partial charge in [-0.2, -0.15) is 0 Å². The first-order valence-corrected chi connectivity index (χ1v) is 11.0. The summed E-state index contributed by atoms with van der Waals surface area (Å²) in [6.07, 6.45) is 1.78. The van der Waals surface area contributed by atoms with E-state index in [1.54, 1.807) is 19.2 Å². The Morgan fingerprint density at radius 1 is 1.13 bits per heavy atom. The molecule has 4 rings (SSSR count). The number of rotatable bonds is 5. The van der Waals surface area contributed by atoms with Gasteiger partial charge in [-0.15, -0.1) is 10.2 Å². The molecule has 1 aliphatic rings. The van der Waals surface area contributed by atoms with Crippen molar-refractivity contribution >= 4 is 28.8 Å². The molecule has 1 atom stereocenters. The van der Waals surface area contributed by atoms with E-state index in [4.69, 9.17) is 4.74 Å². The number of para-hydroxylation sites is 2. The van der Waals surface area contributed by atoms with Crippen molar-refractivity contribution in [2.24, 2.45) is 0 Å². The van der Waals surface area contributed by atoms with Crippen molar-refractivity contribution in [1.29, 1.82) is 0 Å². The number of benzene rings is 2.